The topological polar surface area (TPSA) is 45.5 Å². The van der Waals surface area contributed by atoms with Gasteiger partial charge in [0.25, 0.3) is 0 Å². The highest BCUT2D eigenvalue weighted by Gasteiger charge is 1.85. The summed E-state index contributed by atoms with van der Waals surface area (Å²) in [4.78, 5) is 4.06. The fraction of sp³-hybridized carbons (Fsp3) is 0.111. The molecule has 0 bridgehead atoms. The molecule has 1 heterocycles. The van der Waals surface area contributed by atoms with E-state index in [1.54, 1.807) is 25.3 Å². The van der Waals surface area contributed by atoms with Crippen LogP contribution in [0.1, 0.15) is 12.6 Å². The van der Waals surface area contributed by atoms with Crippen molar-refractivity contribution in [1.82, 2.24) is 4.98 Å². The van der Waals surface area contributed by atoms with Gasteiger partial charge in [0, 0.05) is 6.20 Å². The van der Waals surface area contributed by atoms with Gasteiger partial charge in [0.05, 0.1) is 11.4 Å². The molecule has 1 rings (SSSR count). The van der Waals surface area contributed by atoms with Crippen LogP contribution in [0.15, 0.2) is 35.6 Å². The second-order valence-electron chi connectivity index (χ2n) is 2.33. The summed E-state index contributed by atoms with van der Waals surface area (Å²) in [6.07, 6.45) is 5.20. The van der Waals surface area contributed by atoms with Crippen molar-refractivity contribution in [2.45, 2.75) is 6.92 Å². The zero-order valence-corrected chi connectivity index (χ0v) is 6.81. The third-order valence-electron chi connectivity index (χ3n) is 1.34. The van der Waals surface area contributed by atoms with Gasteiger partial charge < -0.3 is 5.21 Å². The van der Waals surface area contributed by atoms with E-state index in [-0.39, 0.29) is 0 Å². The largest absolute Gasteiger partial charge is 0.411 e. The van der Waals surface area contributed by atoms with Crippen molar-refractivity contribution in [2.24, 2.45) is 5.16 Å². The maximum absolute atomic E-state index is 8.33. The van der Waals surface area contributed by atoms with Crippen LogP contribution in [-0.4, -0.2) is 15.9 Å². The number of nitrogens with zero attached hydrogens (tertiary/aromatic N) is 2. The Kier molecular flexibility index (Phi) is 3.02. The molecule has 3 nitrogen and oxygen atoms in total. The Morgan fingerprint density at radius 3 is 3.00 bits per heavy atom. The zero-order chi connectivity index (χ0) is 8.81. The molecule has 0 atom stereocenters. The molecule has 0 spiro atoms. The minimum absolute atomic E-state index is 0.556. The number of hydrogen-bond donors (Lipinski definition) is 1. The van der Waals surface area contributed by atoms with Crippen LogP contribution in [0.2, 0.25) is 0 Å². The molecule has 0 saturated heterocycles. The fourth-order valence-electron chi connectivity index (χ4n) is 0.714. The molecular formula is C9H10N2O. The second kappa shape index (κ2) is 4.28. The molecule has 0 unspecified atom stereocenters. The van der Waals surface area contributed by atoms with E-state index in [1.165, 1.54) is 0 Å². The number of pyridine rings is 1. The second-order valence-corrected chi connectivity index (χ2v) is 2.33. The third kappa shape index (κ3) is 2.54. The number of allylic oxidation sites excluding steroid dienone is 1. The Hall–Kier alpha value is -1.64. The summed E-state index contributed by atoms with van der Waals surface area (Å²) in [5, 5.41) is 11.3. The monoisotopic (exact) mass is 162 g/mol. The van der Waals surface area contributed by atoms with E-state index in [2.05, 4.69) is 10.1 Å². The lowest BCUT2D eigenvalue weighted by atomic mass is 10.3. The highest BCUT2D eigenvalue weighted by atomic mass is 16.4. The molecule has 1 aromatic rings. The van der Waals surface area contributed by atoms with Gasteiger partial charge in [-0.25, -0.2) is 0 Å². The van der Waals surface area contributed by atoms with Gasteiger partial charge in [-0.15, -0.1) is 0 Å². The molecule has 3 heteroatoms. The van der Waals surface area contributed by atoms with Crippen molar-refractivity contribution >= 4 is 11.8 Å². The van der Waals surface area contributed by atoms with E-state index in [0.717, 1.165) is 5.69 Å². The standard InChI is InChI=1S/C9H10N2O/c1-8(11-12)5-6-9-4-2-3-7-10-9/h2-7,12H,1H3/b6-5+,11-8+. The SMILES string of the molecule is CC(/C=C/c1ccccn1)=N\O. The van der Waals surface area contributed by atoms with E-state index in [4.69, 9.17) is 5.21 Å². The van der Waals surface area contributed by atoms with E-state index >= 15 is 0 Å². The summed E-state index contributed by atoms with van der Waals surface area (Å²) in [5.41, 5.74) is 1.40. The summed E-state index contributed by atoms with van der Waals surface area (Å²) in [6, 6.07) is 5.63. The van der Waals surface area contributed by atoms with Crippen molar-refractivity contribution in [3.63, 3.8) is 0 Å². The van der Waals surface area contributed by atoms with Crippen molar-refractivity contribution < 1.29 is 5.21 Å². The highest BCUT2D eigenvalue weighted by Crippen LogP contribution is 1.96. The van der Waals surface area contributed by atoms with Crippen LogP contribution in [-0.2, 0) is 0 Å². The van der Waals surface area contributed by atoms with E-state index in [9.17, 15) is 0 Å². The Balaban J connectivity index is 2.70. The van der Waals surface area contributed by atoms with Gasteiger partial charge in [-0.2, -0.15) is 0 Å². The van der Waals surface area contributed by atoms with E-state index in [1.807, 2.05) is 18.2 Å². The Morgan fingerprint density at radius 2 is 2.42 bits per heavy atom. The average molecular weight is 162 g/mol. The van der Waals surface area contributed by atoms with Gasteiger partial charge in [-0.3, -0.25) is 4.98 Å². The molecule has 0 fully saturated rings. The quantitative estimate of drug-likeness (QED) is 0.410. The molecule has 1 aromatic heterocycles. The summed E-state index contributed by atoms with van der Waals surface area (Å²) in [6.45, 7) is 1.71. The highest BCUT2D eigenvalue weighted by molar-refractivity contribution is 5.95. The van der Waals surface area contributed by atoms with Crippen LogP contribution in [0, 0.1) is 0 Å². The fourth-order valence-corrected chi connectivity index (χ4v) is 0.714. The van der Waals surface area contributed by atoms with Gasteiger partial charge in [-0.05, 0) is 31.2 Å². The Bertz CT molecular complexity index is 291. The van der Waals surface area contributed by atoms with Gasteiger partial charge in [0.15, 0.2) is 0 Å². The minimum atomic E-state index is 0.556. The molecule has 62 valence electrons. The number of aromatic nitrogens is 1. The zero-order valence-electron chi connectivity index (χ0n) is 6.81. The van der Waals surface area contributed by atoms with Crippen molar-refractivity contribution in [1.29, 1.82) is 0 Å². The lowest BCUT2D eigenvalue weighted by molar-refractivity contribution is 0.319. The first kappa shape index (κ1) is 8.46. The first-order chi connectivity index (χ1) is 5.83. The predicted octanol–water partition coefficient (Wildman–Crippen LogP) is 1.94. The summed E-state index contributed by atoms with van der Waals surface area (Å²) in [5.74, 6) is 0. The molecule has 1 N–H and O–H groups in total. The third-order valence-corrected chi connectivity index (χ3v) is 1.34. The Labute approximate surface area is 71.1 Å². The first-order valence-electron chi connectivity index (χ1n) is 3.60. The lowest BCUT2D eigenvalue weighted by Crippen LogP contribution is -1.83. The smallest absolute Gasteiger partial charge is 0.0765 e. The molecule has 0 aliphatic carbocycles. The molecule has 0 aliphatic rings. The van der Waals surface area contributed by atoms with Crippen LogP contribution < -0.4 is 0 Å². The van der Waals surface area contributed by atoms with Gasteiger partial charge in [0.2, 0.25) is 0 Å². The lowest BCUT2D eigenvalue weighted by Gasteiger charge is -1.89. The number of hydrogen-bond acceptors (Lipinski definition) is 3. The minimum Gasteiger partial charge on any atom is -0.411 e. The molecule has 0 aliphatic heterocycles. The number of rotatable bonds is 2. The van der Waals surface area contributed by atoms with Gasteiger partial charge in [-0.1, -0.05) is 11.2 Å². The van der Waals surface area contributed by atoms with Gasteiger partial charge >= 0.3 is 0 Å². The molecule has 0 aromatic carbocycles. The molecule has 0 amide bonds. The molecule has 0 saturated carbocycles. The first-order valence-corrected chi connectivity index (χ1v) is 3.60. The van der Waals surface area contributed by atoms with Crippen LogP contribution in [0.3, 0.4) is 0 Å². The Morgan fingerprint density at radius 1 is 1.58 bits per heavy atom. The molecule has 12 heavy (non-hydrogen) atoms. The molecule has 0 radical (unpaired) electrons. The van der Waals surface area contributed by atoms with Crippen LogP contribution in [0.4, 0.5) is 0 Å². The average Bonchev–Trinajstić information content (AvgIpc) is 2.16. The van der Waals surface area contributed by atoms with Crippen LogP contribution >= 0.6 is 0 Å². The predicted molar refractivity (Wildman–Crippen MR) is 48.2 cm³/mol. The summed E-state index contributed by atoms with van der Waals surface area (Å²) >= 11 is 0. The van der Waals surface area contributed by atoms with Crippen LogP contribution in [0.5, 0.6) is 0 Å². The maximum atomic E-state index is 8.33. The van der Waals surface area contributed by atoms with Crippen molar-refractivity contribution in [3.8, 4) is 0 Å². The van der Waals surface area contributed by atoms with Crippen LogP contribution in [0.25, 0.3) is 6.08 Å². The van der Waals surface area contributed by atoms with Gasteiger partial charge in [0.1, 0.15) is 0 Å². The summed E-state index contributed by atoms with van der Waals surface area (Å²) < 4.78 is 0. The summed E-state index contributed by atoms with van der Waals surface area (Å²) in [7, 11) is 0. The number of oxime groups is 1. The van der Waals surface area contributed by atoms with Crippen molar-refractivity contribution in [3.05, 3.63) is 36.2 Å². The van der Waals surface area contributed by atoms with E-state index < -0.39 is 0 Å². The molecular weight excluding hydrogens is 152 g/mol. The maximum Gasteiger partial charge on any atom is 0.0765 e. The van der Waals surface area contributed by atoms with Crippen molar-refractivity contribution in [2.75, 3.05) is 0 Å². The van der Waals surface area contributed by atoms with E-state index in [0.29, 0.717) is 5.71 Å². The normalized spacial score (nSPS) is 12.2.